The van der Waals surface area contributed by atoms with Gasteiger partial charge in [-0.25, -0.2) is 0 Å². The van der Waals surface area contributed by atoms with Gasteiger partial charge in [0, 0.05) is 42.8 Å². The van der Waals surface area contributed by atoms with E-state index < -0.39 is 23.6 Å². The molecule has 1 aliphatic rings. The number of halogens is 4. The van der Waals surface area contributed by atoms with Crippen LogP contribution in [0.15, 0.2) is 18.2 Å². The molecule has 1 aliphatic heterocycles. The molecule has 0 aromatic heterocycles. The summed E-state index contributed by atoms with van der Waals surface area (Å²) in [5, 5.41) is 14.4. The SMILES string of the molecule is O=[N+]([O-])c1ccc(Cl)cc1[C@@H](CC(F)(F)F)N1CCNCC1. The molecule has 1 aromatic carbocycles. The molecule has 0 spiro atoms. The Balaban J connectivity index is 2.43. The zero-order valence-corrected chi connectivity index (χ0v) is 12.3. The average molecular weight is 338 g/mol. The summed E-state index contributed by atoms with van der Waals surface area (Å²) in [5.74, 6) is 0. The lowest BCUT2D eigenvalue weighted by atomic mass is 9.99. The Hall–Kier alpha value is -1.38. The van der Waals surface area contributed by atoms with E-state index in [0.29, 0.717) is 26.2 Å². The second-order valence-corrected chi connectivity index (χ2v) is 5.52. The zero-order valence-electron chi connectivity index (χ0n) is 11.6. The summed E-state index contributed by atoms with van der Waals surface area (Å²) in [5.41, 5.74) is -0.325. The van der Waals surface area contributed by atoms with Crippen molar-refractivity contribution in [3.8, 4) is 0 Å². The summed E-state index contributed by atoms with van der Waals surface area (Å²) in [4.78, 5) is 12.1. The van der Waals surface area contributed by atoms with Crippen molar-refractivity contribution >= 4 is 17.3 Å². The van der Waals surface area contributed by atoms with Gasteiger partial charge in [-0.15, -0.1) is 0 Å². The van der Waals surface area contributed by atoms with Gasteiger partial charge in [0.2, 0.25) is 0 Å². The van der Waals surface area contributed by atoms with Crippen molar-refractivity contribution in [3.63, 3.8) is 0 Å². The minimum atomic E-state index is -4.42. The Morgan fingerprint density at radius 1 is 1.36 bits per heavy atom. The lowest BCUT2D eigenvalue weighted by Gasteiger charge is -2.35. The fraction of sp³-hybridized carbons (Fsp3) is 0.538. The summed E-state index contributed by atoms with van der Waals surface area (Å²) in [6.07, 6.45) is -5.57. The van der Waals surface area contributed by atoms with E-state index in [-0.39, 0.29) is 16.3 Å². The molecule has 122 valence electrons. The summed E-state index contributed by atoms with van der Waals surface area (Å²) in [7, 11) is 0. The summed E-state index contributed by atoms with van der Waals surface area (Å²) in [6.45, 7) is 1.88. The van der Waals surface area contributed by atoms with Crippen molar-refractivity contribution in [2.75, 3.05) is 26.2 Å². The van der Waals surface area contributed by atoms with Crippen molar-refractivity contribution in [2.45, 2.75) is 18.6 Å². The highest BCUT2D eigenvalue weighted by Crippen LogP contribution is 2.38. The second-order valence-electron chi connectivity index (χ2n) is 5.08. The van der Waals surface area contributed by atoms with Gasteiger partial charge in [0.05, 0.1) is 17.4 Å². The Labute approximate surface area is 130 Å². The number of nitro groups is 1. The first-order valence-corrected chi connectivity index (χ1v) is 7.11. The Morgan fingerprint density at radius 2 is 2.00 bits per heavy atom. The van der Waals surface area contributed by atoms with Crippen LogP contribution in [0.5, 0.6) is 0 Å². The minimum absolute atomic E-state index is 0.0109. The van der Waals surface area contributed by atoms with Crippen molar-refractivity contribution in [1.82, 2.24) is 10.2 Å². The van der Waals surface area contributed by atoms with Crippen LogP contribution < -0.4 is 5.32 Å². The van der Waals surface area contributed by atoms with E-state index in [1.54, 1.807) is 4.90 Å². The molecule has 0 bridgehead atoms. The Morgan fingerprint density at radius 3 is 2.55 bits per heavy atom. The molecule has 0 aliphatic carbocycles. The van der Waals surface area contributed by atoms with Crippen LogP contribution in [0.25, 0.3) is 0 Å². The molecule has 5 nitrogen and oxygen atoms in total. The van der Waals surface area contributed by atoms with Gasteiger partial charge in [-0.05, 0) is 12.1 Å². The lowest BCUT2D eigenvalue weighted by Crippen LogP contribution is -2.46. The van der Waals surface area contributed by atoms with Crippen LogP contribution in [0.2, 0.25) is 5.02 Å². The largest absolute Gasteiger partial charge is 0.390 e. The van der Waals surface area contributed by atoms with Crippen LogP contribution in [0, 0.1) is 10.1 Å². The molecule has 1 fully saturated rings. The van der Waals surface area contributed by atoms with Crippen LogP contribution in [-0.2, 0) is 0 Å². The van der Waals surface area contributed by atoms with Gasteiger partial charge in [-0.2, -0.15) is 13.2 Å². The highest BCUT2D eigenvalue weighted by molar-refractivity contribution is 6.30. The van der Waals surface area contributed by atoms with Crippen molar-refractivity contribution < 1.29 is 18.1 Å². The molecule has 0 radical (unpaired) electrons. The maximum atomic E-state index is 12.9. The third-order valence-corrected chi connectivity index (χ3v) is 3.80. The van der Waals surface area contributed by atoms with Gasteiger partial charge >= 0.3 is 6.18 Å². The molecular formula is C13H15ClF3N3O2. The Bertz CT molecular complexity index is 548. The minimum Gasteiger partial charge on any atom is -0.314 e. The number of alkyl halides is 3. The van der Waals surface area contributed by atoms with E-state index in [1.807, 2.05) is 0 Å². The average Bonchev–Trinajstić information content (AvgIpc) is 2.44. The maximum absolute atomic E-state index is 12.9. The van der Waals surface area contributed by atoms with Gasteiger partial charge in [-0.3, -0.25) is 15.0 Å². The molecule has 0 amide bonds. The predicted molar refractivity (Wildman–Crippen MR) is 76.0 cm³/mol. The highest BCUT2D eigenvalue weighted by Gasteiger charge is 2.38. The topological polar surface area (TPSA) is 58.4 Å². The molecule has 22 heavy (non-hydrogen) atoms. The molecular weight excluding hydrogens is 323 g/mol. The lowest BCUT2D eigenvalue weighted by molar-refractivity contribution is -0.386. The van der Waals surface area contributed by atoms with Crippen molar-refractivity contribution in [1.29, 1.82) is 0 Å². The fourth-order valence-electron chi connectivity index (χ4n) is 2.61. The number of hydrogen-bond donors (Lipinski definition) is 1. The van der Waals surface area contributed by atoms with E-state index in [9.17, 15) is 23.3 Å². The van der Waals surface area contributed by atoms with E-state index in [4.69, 9.17) is 11.6 Å². The molecule has 1 saturated heterocycles. The van der Waals surface area contributed by atoms with Crippen LogP contribution in [-0.4, -0.2) is 42.2 Å². The fourth-order valence-corrected chi connectivity index (χ4v) is 2.79. The molecule has 0 unspecified atom stereocenters. The van der Waals surface area contributed by atoms with E-state index in [1.165, 1.54) is 12.1 Å². The number of benzene rings is 1. The highest BCUT2D eigenvalue weighted by atomic mass is 35.5. The van der Waals surface area contributed by atoms with Gasteiger partial charge in [0.25, 0.3) is 5.69 Å². The third-order valence-electron chi connectivity index (χ3n) is 3.56. The molecule has 1 aromatic rings. The van der Waals surface area contributed by atoms with Crippen molar-refractivity contribution in [2.24, 2.45) is 0 Å². The normalized spacial score (nSPS) is 18.2. The van der Waals surface area contributed by atoms with E-state index in [0.717, 1.165) is 6.07 Å². The molecule has 1 heterocycles. The number of nitro benzene ring substituents is 1. The third kappa shape index (κ3) is 4.31. The maximum Gasteiger partial charge on any atom is 0.390 e. The number of hydrogen-bond acceptors (Lipinski definition) is 4. The number of nitrogens with zero attached hydrogens (tertiary/aromatic N) is 2. The quantitative estimate of drug-likeness (QED) is 0.677. The van der Waals surface area contributed by atoms with Gasteiger partial charge in [-0.1, -0.05) is 11.6 Å². The standard InChI is InChI=1S/C13H15ClF3N3O2/c14-9-1-2-11(20(21)22)10(7-9)12(8-13(15,16)17)19-5-3-18-4-6-19/h1-2,7,12,18H,3-6,8H2/t12-/m1/s1. The van der Waals surface area contributed by atoms with Crippen LogP contribution in [0.4, 0.5) is 18.9 Å². The zero-order chi connectivity index (χ0) is 16.3. The van der Waals surface area contributed by atoms with Gasteiger partial charge < -0.3 is 5.32 Å². The molecule has 0 saturated carbocycles. The first-order chi connectivity index (χ1) is 10.3. The smallest absolute Gasteiger partial charge is 0.314 e. The first kappa shape index (κ1) is 17.0. The van der Waals surface area contributed by atoms with Crippen LogP contribution >= 0.6 is 11.6 Å². The summed E-state index contributed by atoms with van der Waals surface area (Å²) < 4.78 is 38.8. The summed E-state index contributed by atoms with van der Waals surface area (Å²) >= 11 is 5.84. The van der Waals surface area contributed by atoms with Crippen LogP contribution in [0.3, 0.4) is 0 Å². The molecule has 1 N–H and O–H groups in total. The number of piperazine rings is 1. The van der Waals surface area contributed by atoms with Crippen LogP contribution in [0.1, 0.15) is 18.0 Å². The Kier molecular flexibility index (Phi) is 5.25. The van der Waals surface area contributed by atoms with Crippen molar-refractivity contribution in [3.05, 3.63) is 38.9 Å². The van der Waals surface area contributed by atoms with Gasteiger partial charge in [0.15, 0.2) is 0 Å². The van der Waals surface area contributed by atoms with E-state index in [2.05, 4.69) is 5.32 Å². The van der Waals surface area contributed by atoms with Gasteiger partial charge in [0.1, 0.15) is 0 Å². The molecule has 9 heteroatoms. The predicted octanol–water partition coefficient (Wildman–Crippen LogP) is 3.15. The first-order valence-electron chi connectivity index (χ1n) is 6.73. The summed E-state index contributed by atoms with van der Waals surface area (Å²) in [6, 6.07) is 2.62. The van der Waals surface area contributed by atoms with E-state index >= 15 is 0 Å². The number of nitrogens with one attached hydrogen (secondary N) is 1. The number of rotatable bonds is 4. The monoisotopic (exact) mass is 337 g/mol. The second kappa shape index (κ2) is 6.80. The molecule has 2 rings (SSSR count). The molecule has 1 atom stereocenters.